The minimum absolute atomic E-state index is 0.249. The van der Waals surface area contributed by atoms with E-state index in [4.69, 9.17) is 4.74 Å². The van der Waals surface area contributed by atoms with Gasteiger partial charge in [-0.15, -0.1) is 10.2 Å². The summed E-state index contributed by atoms with van der Waals surface area (Å²) in [5.74, 6) is 1.49. The van der Waals surface area contributed by atoms with Crippen molar-refractivity contribution >= 4 is 28.4 Å². The molecule has 2 aromatic heterocycles. The number of ether oxygens (including phenoxy) is 1. The van der Waals surface area contributed by atoms with E-state index in [1.54, 1.807) is 17.7 Å². The Morgan fingerprint density at radius 3 is 2.82 bits per heavy atom. The second kappa shape index (κ2) is 7.63. The van der Waals surface area contributed by atoms with E-state index in [2.05, 4.69) is 10.2 Å². The van der Waals surface area contributed by atoms with E-state index in [9.17, 15) is 9.18 Å². The lowest BCUT2D eigenvalue weighted by Crippen LogP contribution is -2.23. The predicted molar refractivity (Wildman–Crippen MR) is 108 cm³/mol. The summed E-state index contributed by atoms with van der Waals surface area (Å²) in [5, 5.41) is 9.53. The van der Waals surface area contributed by atoms with Gasteiger partial charge in [0.15, 0.2) is 5.16 Å². The van der Waals surface area contributed by atoms with Gasteiger partial charge in [-0.1, -0.05) is 30.8 Å². The molecular weight excluding hydrogens is 379 g/mol. The topological polar surface area (TPSA) is 61.4 Å². The van der Waals surface area contributed by atoms with E-state index in [-0.39, 0.29) is 5.56 Å². The highest BCUT2D eigenvalue weighted by molar-refractivity contribution is 7.98. The Balaban J connectivity index is 1.83. The Hall–Kier alpha value is -2.87. The molecule has 0 spiro atoms. The summed E-state index contributed by atoms with van der Waals surface area (Å²) < 4.78 is 22.5. The summed E-state index contributed by atoms with van der Waals surface area (Å²) in [4.78, 5) is 12.8. The van der Waals surface area contributed by atoms with Crippen LogP contribution in [0.4, 0.5) is 4.39 Å². The van der Waals surface area contributed by atoms with Crippen molar-refractivity contribution in [1.82, 2.24) is 19.2 Å². The monoisotopic (exact) mass is 398 g/mol. The molecule has 0 aliphatic heterocycles. The number of aromatic nitrogens is 4. The molecule has 0 aliphatic carbocycles. The van der Waals surface area contributed by atoms with Gasteiger partial charge in [0.2, 0.25) is 5.78 Å². The SMILES string of the molecule is CCCn1c(=O)c2cc(F)ccc2n2c(SCc3cccc(OC)c3)nnc12. The fourth-order valence-electron chi connectivity index (χ4n) is 3.19. The minimum Gasteiger partial charge on any atom is -0.497 e. The Morgan fingerprint density at radius 1 is 1.18 bits per heavy atom. The van der Waals surface area contributed by atoms with Crippen molar-refractivity contribution in [2.75, 3.05) is 7.11 Å². The molecule has 6 nitrogen and oxygen atoms in total. The van der Waals surface area contributed by atoms with Crippen LogP contribution in [-0.2, 0) is 12.3 Å². The van der Waals surface area contributed by atoms with Crippen LogP contribution in [0.15, 0.2) is 52.4 Å². The zero-order valence-electron chi connectivity index (χ0n) is 15.6. The van der Waals surface area contributed by atoms with E-state index < -0.39 is 5.82 Å². The van der Waals surface area contributed by atoms with Crippen LogP contribution in [0.3, 0.4) is 0 Å². The van der Waals surface area contributed by atoms with Crippen LogP contribution in [0, 0.1) is 5.82 Å². The quantitative estimate of drug-likeness (QED) is 0.461. The molecule has 0 saturated heterocycles. The maximum Gasteiger partial charge on any atom is 0.262 e. The smallest absolute Gasteiger partial charge is 0.262 e. The van der Waals surface area contributed by atoms with Gasteiger partial charge in [-0.05, 0) is 42.3 Å². The van der Waals surface area contributed by atoms with Crippen LogP contribution in [-0.4, -0.2) is 26.3 Å². The molecule has 4 aromatic rings. The summed E-state index contributed by atoms with van der Waals surface area (Å²) in [6, 6.07) is 12.0. The van der Waals surface area contributed by atoms with Crippen molar-refractivity contribution in [3.63, 3.8) is 0 Å². The Morgan fingerprint density at radius 2 is 2.04 bits per heavy atom. The summed E-state index contributed by atoms with van der Waals surface area (Å²) in [6.07, 6.45) is 0.759. The molecule has 0 aliphatic rings. The number of benzene rings is 2. The number of halogens is 1. The summed E-state index contributed by atoms with van der Waals surface area (Å²) in [5.41, 5.74) is 1.44. The van der Waals surface area contributed by atoms with Crippen LogP contribution in [0.5, 0.6) is 5.75 Å². The Kier molecular flexibility index (Phi) is 5.04. The number of hydrogen-bond donors (Lipinski definition) is 0. The fourth-order valence-corrected chi connectivity index (χ4v) is 4.07. The highest BCUT2D eigenvalue weighted by atomic mass is 32.2. The van der Waals surface area contributed by atoms with Crippen LogP contribution in [0.1, 0.15) is 18.9 Å². The third-order valence-electron chi connectivity index (χ3n) is 4.48. The number of fused-ring (bicyclic) bond motifs is 3. The molecule has 4 rings (SSSR count). The van der Waals surface area contributed by atoms with Crippen molar-refractivity contribution < 1.29 is 9.13 Å². The van der Waals surface area contributed by atoms with Crippen molar-refractivity contribution in [3.05, 3.63) is 64.2 Å². The Labute approximate surface area is 165 Å². The lowest BCUT2D eigenvalue weighted by Gasteiger charge is -2.10. The van der Waals surface area contributed by atoms with E-state index in [1.165, 1.54) is 23.9 Å². The second-order valence-corrected chi connectivity index (χ2v) is 7.32. The number of hydrogen-bond acceptors (Lipinski definition) is 5. The maximum absolute atomic E-state index is 13.8. The molecule has 28 heavy (non-hydrogen) atoms. The first-order valence-corrected chi connectivity index (χ1v) is 9.94. The average Bonchev–Trinajstić information content (AvgIpc) is 3.13. The molecule has 0 amide bonds. The van der Waals surface area contributed by atoms with E-state index in [0.717, 1.165) is 17.7 Å². The molecule has 144 valence electrons. The minimum atomic E-state index is -0.439. The number of rotatable bonds is 6. The van der Waals surface area contributed by atoms with E-state index in [0.29, 0.717) is 34.1 Å². The number of nitrogens with zero attached hydrogens (tertiary/aromatic N) is 4. The third kappa shape index (κ3) is 3.24. The summed E-state index contributed by atoms with van der Waals surface area (Å²) >= 11 is 1.51. The standard InChI is InChI=1S/C20H19FN4O2S/c1-3-9-24-18(26)16-11-14(21)7-8-17(16)25-19(24)22-23-20(25)28-12-13-5-4-6-15(10-13)27-2/h4-8,10-11H,3,9,12H2,1-2H3. The van der Waals surface area contributed by atoms with Gasteiger partial charge in [-0.3, -0.25) is 13.8 Å². The molecule has 2 heterocycles. The molecule has 0 saturated carbocycles. The van der Waals surface area contributed by atoms with Crippen LogP contribution in [0.25, 0.3) is 16.7 Å². The highest BCUT2D eigenvalue weighted by Crippen LogP contribution is 2.26. The molecule has 0 bridgehead atoms. The maximum atomic E-state index is 13.8. The van der Waals surface area contributed by atoms with Crippen LogP contribution in [0.2, 0.25) is 0 Å². The summed E-state index contributed by atoms with van der Waals surface area (Å²) in [6.45, 7) is 2.47. The third-order valence-corrected chi connectivity index (χ3v) is 5.48. The molecule has 0 N–H and O–H groups in total. The largest absolute Gasteiger partial charge is 0.497 e. The van der Waals surface area contributed by atoms with Crippen molar-refractivity contribution in [3.8, 4) is 5.75 Å². The normalized spacial score (nSPS) is 11.4. The van der Waals surface area contributed by atoms with Gasteiger partial charge >= 0.3 is 0 Å². The summed E-state index contributed by atoms with van der Waals surface area (Å²) in [7, 11) is 1.64. The van der Waals surface area contributed by atoms with Crippen LogP contribution < -0.4 is 10.3 Å². The molecule has 0 fully saturated rings. The zero-order chi connectivity index (χ0) is 19.7. The van der Waals surface area contributed by atoms with Crippen molar-refractivity contribution in [2.24, 2.45) is 0 Å². The predicted octanol–water partition coefficient (Wildman–Crippen LogP) is 3.89. The second-order valence-electron chi connectivity index (χ2n) is 6.38. The van der Waals surface area contributed by atoms with Crippen molar-refractivity contribution in [1.29, 1.82) is 0 Å². The average molecular weight is 398 g/mol. The van der Waals surface area contributed by atoms with Gasteiger partial charge in [-0.2, -0.15) is 0 Å². The van der Waals surface area contributed by atoms with Gasteiger partial charge < -0.3 is 4.74 Å². The van der Waals surface area contributed by atoms with Gasteiger partial charge in [0.05, 0.1) is 18.0 Å². The Bertz CT molecular complexity index is 1220. The first-order chi connectivity index (χ1) is 13.6. The molecule has 2 aromatic carbocycles. The first kappa shape index (κ1) is 18.5. The van der Waals surface area contributed by atoms with Gasteiger partial charge in [-0.25, -0.2) is 4.39 Å². The molecule has 0 unspecified atom stereocenters. The van der Waals surface area contributed by atoms with Gasteiger partial charge in [0.25, 0.3) is 5.56 Å². The lowest BCUT2D eigenvalue weighted by atomic mass is 10.2. The molecular formula is C20H19FN4O2S. The molecule has 8 heteroatoms. The number of methoxy groups -OCH3 is 1. The zero-order valence-corrected chi connectivity index (χ0v) is 16.4. The van der Waals surface area contributed by atoms with E-state index >= 15 is 0 Å². The fraction of sp³-hybridized carbons (Fsp3) is 0.250. The van der Waals surface area contributed by atoms with Gasteiger partial charge in [0.1, 0.15) is 11.6 Å². The lowest BCUT2D eigenvalue weighted by molar-refractivity contribution is 0.414. The number of thioether (sulfide) groups is 1. The van der Waals surface area contributed by atoms with Crippen LogP contribution >= 0.6 is 11.8 Å². The molecule has 0 radical (unpaired) electrons. The highest BCUT2D eigenvalue weighted by Gasteiger charge is 2.17. The molecule has 0 atom stereocenters. The first-order valence-electron chi connectivity index (χ1n) is 8.95. The van der Waals surface area contributed by atoms with Crippen molar-refractivity contribution in [2.45, 2.75) is 30.8 Å². The van der Waals surface area contributed by atoms with Gasteiger partial charge in [0, 0.05) is 12.3 Å². The van der Waals surface area contributed by atoms with E-state index in [1.807, 2.05) is 35.6 Å². The number of aryl methyl sites for hydroxylation is 1.